The molecule has 0 amide bonds. The number of hydrogen-bond acceptors (Lipinski definition) is 3. The Morgan fingerprint density at radius 2 is 1.90 bits per heavy atom. The molecule has 1 N–H and O–H groups in total. The third kappa shape index (κ3) is 2.98. The van der Waals surface area contributed by atoms with E-state index >= 15 is 0 Å². The van der Waals surface area contributed by atoms with E-state index in [1.807, 2.05) is 6.07 Å². The minimum atomic E-state index is -3.91. The molecule has 0 bridgehead atoms. The summed E-state index contributed by atoms with van der Waals surface area (Å²) < 4.78 is 39.9. The lowest BCUT2D eigenvalue weighted by molar-refractivity contribution is 0.599. The van der Waals surface area contributed by atoms with Gasteiger partial charge in [0.2, 0.25) is 0 Å². The first-order chi connectivity index (χ1) is 9.44. The second-order valence-electron chi connectivity index (χ2n) is 3.84. The Labute approximate surface area is 124 Å². The van der Waals surface area contributed by atoms with Crippen molar-refractivity contribution in [3.8, 4) is 6.07 Å². The second-order valence-corrected chi connectivity index (χ2v) is 6.34. The molecule has 0 unspecified atom stereocenters. The molecule has 7 heteroatoms. The van der Waals surface area contributed by atoms with Crippen molar-refractivity contribution < 1.29 is 12.8 Å². The quantitative estimate of drug-likeness (QED) is 0.919. The number of halogens is 2. The van der Waals surface area contributed by atoms with Gasteiger partial charge >= 0.3 is 0 Å². The van der Waals surface area contributed by atoms with Crippen molar-refractivity contribution in [1.82, 2.24) is 0 Å². The number of nitrogens with zero attached hydrogens (tertiary/aromatic N) is 1. The molecular weight excluding hydrogens is 347 g/mol. The monoisotopic (exact) mass is 354 g/mol. The van der Waals surface area contributed by atoms with Gasteiger partial charge in [-0.05, 0) is 46.3 Å². The lowest BCUT2D eigenvalue weighted by atomic mass is 10.2. The molecule has 0 saturated heterocycles. The van der Waals surface area contributed by atoms with E-state index in [1.165, 1.54) is 12.1 Å². The van der Waals surface area contributed by atoms with Gasteiger partial charge in [0, 0.05) is 4.47 Å². The molecule has 2 aromatic rings. The van der Waals surface area contributed by atoms with Crippen LogP contribution < -0.4 is 4.72 Å². The predicted molar refractivity (Wildman–Crippen MR) is 76.1 cm³/mol. The van der Waals surface area contributed by atoms with Gasteiger partial charge in [-0.1, -0.05) is 12.1 Å². The molecule has 0 saturated carbocycles. The number of rotatable bonds is 3. The van der Waals surface area contributed by atoms with Crippen molar-refractivity contribution in [3.63, 3.8) is 0 Å². The molecule has 2 rings (SSSR count). The molecule has 0 spiro atoms. The van der Waals surface area contributed by atoms with Gasteiger partial charge in [0.05, 0.1) is 11.3 Å². The first-order valence-corrected chi connectivity index (χ1v) is 7.68. The van der Waals surface area contributed by atoms with E-state index in [0.717, 1.165) is 18.2 Å². The summed E-state index contributed by atoms with van der Waals surface area (Å²) in [5.41, 5.74) is 0.375. The summed E-state index contributed by atoms with van der Waals surface area (Å²) in [5.74, 6) is -0.548. The maximum absolute atomic E-state index is 13.0. The summed E-state index contributed by atoms with van der Waals surface area (Å²) in [5, 5.41) is 8.93. The lowest BCUT2D eigenvalue weighted by Crippen LogP contribution is -2.14. The van der Waals surface area contributed by atoms with E-state index in [9.17, 15) is 12.8 Å². The first-order valence-electron chi connectivity index (χ1n) is 5.41. The van der Waals surface area contributed by atoms with Crippen LogP contribution in [0.15, 0.2) is 51.8 Å². The average Bonchev–Trinajstić information content (AvgIpc) is 2.38. The van der Waals surface area contributed by atoms with Gasteiger partial charge in [0.15, 0.2) is 0 Å². The molecule has 102 valence electrons. The molecule has 0 radical (unpaired) electrons. The number of benzene rings is 2. The Morgan fingerprint density at radius 1 is 1.20 bits per heavy atom. The van der Waals surface area contributed by atoms with Crippen LogP contribution in [0.1, 0.15) is 5.56 Å². The zero-order valence-electron chi connectivity index (χ0n) is 9.97. The minimum absolute atomic E-state index is 0.105. The Morgan fingerprint density at radius 3 is 2.55 bits per heavy atom. The fourth-order valence-electron chi connectivity index (χ4n) is 1.56. The van der Waals surface area contributed by atoms with Crippen molar-refractivity contribution in [2.45, 2.75) is 4.90 Å². The summed E-state index contributed by atoms with van der Waals surface area (Å²) in [6.07, 6.45) is 0. The smallest absolute Gasteiger partial charge is 0.263 e. The highest BCUT2D eigenvalue weighted by molar-refractivity contribution is 9.10. The van der Waals surface area contributed by atoms with Crippen molar-refractivity contribution >= 4 is 31.6 Å². The number of hydrogen-bond donors (Lipinski definition) is 1. The number of nitriles is 1. The SMILES string of the molecule is N#Cc1ccccc1NS(=O)(=O)c1ccc(F)cc1Br. The highest BCUT2D eigenvalue weighted by Crippen LogP contribution is 2.26. The zero-order chi connectivity index (χ0) is 14.8. The van der Waals surface area contributed by atoms with Crippen LogP contribution in [0.25, 0.3) is 0 Å². The highest BCUT2D eigenvalue weighted by atomic mass is 79.9. The summed E-state index contributed by atoms with van der Waals surface area (Å²) >= 11 is 3.01. The molecule has 0 aliphatic rings. The highest BCUT2D eigenvalue weighted by Gasteiger charge is 2.19. The van der Waals surface area contributed by atoms with E-state index < -0.39 is 15.8 Å². The molecule has 0 aromatic heterocycles. The molecule has 20 heavy (non-hydrogen) atoms. The van der Waals surface area contributed by atoms with Crippen LogP contribution in [0.4, 0.5) is 10.1 Å². The molecule has 0 aliphatic carbocycles. The van der Waals surface area contributed by atoms with Crippen molar-refractivity contribution in [2.75, 3.05) is 4.72 Å². The zero-order valence-corrected chi connectivity index (χ0v) is 12.4. The van der Waals surface area contributed by atoms with Crippen LogP contribution in [0.5, 0.6) is 0 Å². The van der Waals surface area contributed by atoms with Crippen molar-refractivity contribution in [2.24, 2.45) is 0 Å². The topological polar surface area (TPSA) is 70.0 Å². The number of nitrogens with one attached hydrogen (secondary N) is 1. The van der Waals surface area contributed by atoms with Gasteiger partial charge in [-0.3, -0.25) is 4.72 Å². The summed E-state index contributed by atoms with van der Waals surface area (Å²) in [7, 11) is -3.91. The van der Waals surface area contributed by atoms with Gasteiger partial charge in [-0.2, -0.15) is 5.26 Å². The molecule has 0 aliphatic heterocycles. The number of anilines is 1. The molecule has 0 fully saturated rings. The van der Waals surface area contributed by atoms with E-state index in [4.69, 9.17) is 5.26 Å². The minimum Gasteiger partial charge on any atom is -0.278 e. The first kappa shape index (κ1) is 14.5. The molecule has 0 atom stereocenters. The predicted octanol–water partition coefficient (Wildman–Crippen LogP) is 3.26. The summed E-state index contributed by atoms with van der Waals surface area (Å²) in [6.45, 7) is 0. The summed E-state index contributed by atoms with van der Waals surface area (Å²) in [4.78, 5) is -0.105. The average molecular weight is 355 g/mol. The van der Waals surface area contributed by atoms with Crippen LogP contribution in [0, 0.1) is 17.1 Å². The molecule has 0 heterocycles. The number of para-hydroxylation sites is 1. The second kappa shape index (κ2) is 5.61. The third-order valence-electron chi connectivity index (χ3n) is 2.48. The van der Waals surface area contributed by atoms with E-state index in [-0.39, 0.29) is 20.6 Å². The van der Waals surface area contributed by atoms with Crippen LogP contribution in [0.2, 0.25) is 0 Å². The maximum Gasteiger partial charge on any atom is 0.263 e. The Balaban J connectivity index is 2.44. The van der Waals surface area contributed by atoms with Crippen LogP contribution in [-0.4, -0.2) is 8.42 Å². The van der Waals surface area contributed by atoms with Gasteiger partial charge < -0.3 is 0 Å². The number of sulfonamides is 1. The lowest BCUT2D eigenvalue weighted by Gasteiger charge is -2.10. The van der Waals surface area contributed by atoms with Crippen LogP contribution in [-0.2, 0) is 10.0 Å². The maximum atomic E-state index is 13.0. The molecule has 4 nitrogen and oxygen atoms in total. The Kier molecular flexibility index (Phi) is 4.06. The van der Waals surface area contributed by atoms with Gasteiger partial charge in [0.1, 0.15) is 16.8 Å². The van der Waals surface area contributed by atoms with Crippen LogP contribution in [0.3, 0.4) is 0 Å². The van der Waals surface area contributed by atoms with Crippen molar-refractivity contribution in [1.29, 1.82) is 5.26 Å². The molecule has 2 aromatic carbocycles. The Bertz CT molecular complexity index is 800. The van der Waals surface area contributed by atoms with E-state index in [0.29, 0.717) is 0 Å². The van der Waals surface area contributed by atoms with Gasteiger partial charge in [-0.15, -0.1) is 0 Å². The van der Waals surface area contributed by atoms with E-state index in [2.05, 4.69) is 20.7 Å². The third-order valence-corrected chi connectivity index (χ3v) is 4.82. The standard InChI is InChI=1S/C13H8BrFN2O2S/c14-11-7-10(15)5-6-13(11)20(18,19)17-12-4-2-1-3-9(12)8-16/h1-7,17H. The van der Waals surface area contributed by atoms with Gasteiger partial charge in [-0.25, -0.2) is 12.8 Å². The molecular formula is C13H8BrFN2O2S. The normalized spacial score (nSPS) is 10.8. The fourth-order valence-corrected chi connectivity index (χ4v) is 3.69. The largest absolute Gasteiger partial charge is 0.278 e. The van der Waals surface area contributed by atoms with Crippen molar-refractivity contribution in [3.05, 3.63) is 58.3 Å². The Hall–Kier alpha value is -1.91. The van der Waals surface area contributed by atoms with Crippen LogP contribution >= 0.6 is 15.9 Å². The van der Waals surface area contributed by atoms with E-state index in [1.54, 1.807) is 12.1 Å². The van der Waals surface area contributed by atoms with Gasteiger partial charge in [0.25, 0.3) is 10.0 Å². The fraction of sp³-hybridized carbons (Fsp3) is 0. The summed E-state index contributed by atoms with van der Waals surface area (Å²) in [6, 6.07) is 11.4.